The highest BCUT2D eigenvalue weighted by molar-refractivity contribution is 4.86. The molecule has 84 valence electrons. The van der Waals surface area contributed by atoms with Gasteiger partial charge in [0.15, 0.2) is 0 Å². The van der Waals surface area contributed by atoms with Crippen molar-refractivity contribution in [2.45, 2.75) is 46.0 Å². The number of aliphatic hydroxyl groups is 1. The molecule has 0 saturated carbocycles. The Bertz CT molecular complexity index is 152. The molecule has 1 rings (SSSR count). The number of hydrogen-bond acceptors (Lipinski definition) is 2. The van der Waals surface area contributed by atoms with Crippen LogP contribution in [0.3, 0.4) is 0 Å². The molecule has 0 spiro atoms. The SMILES string of the molecule is CCCC(C)CC1(CO)CCCNC1. The summed E-state index contributed by atoms with van der Waals surface area (Å²) in [4.78, 5) is 0. The predicted octanol–water partition coefficient (Wildman–Crippen LogP) is 2.17. The number of hydrogen-bond donors (Lipinski definition) is 2. The van der Waals surface area contributed by atoms with Crippen molar-refractivity contribution >= 4 is 0 Å². The van der Waals surface area contributed by atoms with E-state index < -0.39 is 0 Å². The van der Waals surface area contributed by atoms with E-state index in [-0.39, 0.29) is 5.41 Å². The van der Waals surface area contributed by atoms with Gasteiger partial charge in [-0.3, -0.25) is 0 Å². The Balaban J connectivity index is 2.42. The molecule has 1 fully saturated rings. The number of rotatable bonds is 5. The van der Waals surface area contributed by atoms with E-state index in [0.29, 0.717) is 6.61 Å². The van der Waals surface area contributed by atoms with E-state index >= 15 is 0 Å². The Hall–Kier alpha value is -0.0800. The van der Waals surface area contributed by atoms with E-state index in [1.54, 1.807) is 0 Å². The fourth-order valence-electron chi connectivity index (χ4n) is 2.74. The zero-order valence-corrected chi connectivity index (χ0v) is 9.68. The van der Waals surface area contributed by atoms with Gasteiger partial charge in [0.05, 0.1) is 0 Å². The van der Waals surface area contributed by atoms with Crippen LogP contribution in [-0.2, 0) is 0 Å². The number of aliphatic hydroxyl groups excluding tert-OH is 1. The van der Waals surface area contributed by atoms with Crippen LogP contribution >= 0.6 is 0 Å². The second kappa shape index (κ2) is 5.72. The highest BCUT2D eigenvalue weighted by atomic mass is 16.3. The molecule has 0 aromatic rings. The maximum atomic E-state index is 9.52. The molecule has 0 amide bonds. The van der Waals surface area contributed by atoms with Crippen LogP contribution in [0.5, 0.6) is 0 Å². The van der Waals surface area contributed by atoms with Crippen molar-refractivity contribution in [2.24, 2.45) is 11.3 Å². The van der Waals surface area contributed by atoms with Gasteiger partial charge in [-0.25, -0.2) is 0 Å². The molecule has 14 heavy (non-hydrogen) atoms. The van der Waals surface area contributed by atoms with Crippen LogP contribution in [-0.4, -0.2) is 24.8 Å². The van der Waals surface area contributed by atoms with Crippen molar-refractivity contribution < 1.29 is 5.11 Å². The molecule has 2 unspecified atom stereocenters. The molecule has 1 aliphatic heterocycles. The van der Waals surface area contributed by atoms with Gasteiger partial charge in [0.1, 0.15) is 0 Å². The normalized spacial score (nSPS) is 30.2. The molecule has 0 aromatic carbocycles. The summed E-state index contributed by atoms with van der Waals surface area (Å²) < 4.78 is 0. The van der Waals surface area contributed by atoms with Crippen LogP contribution in [0, 0.1) is 11.3 Å². The molecule has 2 nitrogen and oxygen atoms in total. The fraction of sp³-hybridized carbons (Fsp3) is 1.00. The summed E-state index contributed by atoms with van der Waals surface area (Å²) in [5.74, 6) is 0.757. The minimum absolute atomic E-state index is 0.187. The lowest BCUT2D eigenvalue weighted by Crippen LogP contribution is -2.43. The highest BCUT2D eigenvalue weighted by Gasteiger charge is 2.32. The first-order valence-corrected chi connectivity index (χ1v) is 6.04. The molecule has 2 atom stereocenters. The fourth-order valence-corrected chi connectivity index (χ4v) is 2.74. The molecule has 2 N–H and O–H groups in total. The quantitative estimate of drug-likeness (QED) is 0.711. The van der Waals surface area contributed by atoms with Crippen molar-refractivity contribution in [3.63, 3.8) is 0 Å². The predicted molar refractivity (Wildman–Crippen MR) is 60.3 cm³/mol. The third-order valence-corrected chi connectivity index (χ3v) is 3.46. The molecule has 2 heteroatoms. The second-order valence-corrected chi connectivity index (χ2v) is 5.04. The summed E-state index contributed by atoms with van der Waals surface area (Å²) in [6.07, 6.45) is 6.16. The molecular formula is C12H25NO. The van der Waals surface area contributed by atoms with E-state index in [0.717, 1.165) is 19.0 Å². The number of nitrogens with one attached hydrogen (secondary N) is 1. The lowest BCUT2D eigenvalue weighted by molar-refractivity contribution is 0.0694. The first-order chi connectivity index (χ1) is 6.72. The maximum Gasteiger partial charge on any atom is 0.0499 e. The molecular weight excluding hydrogens is 174 g/mol. The summed E-state index contributed by atoms with van der Waals surface area (Å²) in [5.41, 5.74) is 0.187. The summed E-state index contributed by atoms with van der Waals surface area (Å²) >= 11 is 0. The zero-order valence-electron chi connectivity index (χ0n) is 9.68. The second-order valence-electron chi connectivity index (χ2n) is 5.04. The zero-order chi connectivity index (χ0) is 10.4. The molecule has 0 aromatic heterocycles. The van der Waals surface area contributed by atoms with E-state index in [1.807, 2.05) is 0 Å². The van der Waals surface area contributed by atoms with E-state index in [1.165, 1.54) is 32.1 Å². The van der Waals surface area contributed by atoms with Gasteiger partial charge in [-0.2, -0.15) is 0 Å². The Labute approximate surface area is 88.1 Å². The standard InChI is InChI=1S/C12H25NO/c1-3-5-11(2)8-12(10-14)6-4-7-13-9-12/h11,13-14H,3-10H2,1-2H3. The molecule has 0 aliphatic carbocycles. The van der Waals surface area contributed by atoms with Crippen molar-refractivity contribution in [2.75, 3.05) is 19.7 Å². The van der Waals surface area contributed by atoms with Crippen LogP contribution in [0.2, 0.25) is 0 Å². The van der Waals surface area contributed by atoms with Crippen LogP contribution < -0.4 is 5.32 Å². The van der Waals surface area contributed by atoms with Gasteiger partial charge >= 0.3 is 0 Å². The first kappa shape index (κ1) is 12.0. The third kappa shape index (κ3) is 3.25. The van der Waals surface area contributed by atoms with Crippen molar-refractivity contribution in [1.29, 1.82) is 0 Å². The van der Waals surface area contributed by atoms with Gasteiger partial charge in [-0.05, 0) is 31.7 Å². The van der Waals surface area contributed by atoms with Crippen molar-refractivity contribution in [3.05, 3.63) is 0 Å². The molecule has 1 aliphatic rings. The molecule has 0 bridgehead atoms. The van der Waals surface area contributed by atoms with Crippen molar-refractivity contribution in [3.8, 4) is 0 Å². The van der Waals surface area contributed by atoms with Gasteiger partial charge in [-0.15, -0.1) is 0 Å². The smallest absolute Gasteiger partial charge is 0.0499 e. The Morgan fingerprint density at radius 1 is 1.50 bits per heavy atom. The van der Waals surface area contributed by atoms with Crippen molar-refractivity contribution in [1.82, 2.24) is 5.32 Å². The Morgan fingerprint density at radius 3 is 2.79 bits per heavy atom. The van der Waals surface area contributed by atoms with E-state index in [9.17, 15) is 5.11 Å². The minimum Gasteiger partial charge on any atom is -0.396 e. The van der Waals surface area contributed by atoms with Gasteiger partial charge in [-0.1, -0.05) is 26.7 Å². The van der Waals surface area contributed by atoms with Gasteiger partial charge in [0.2, 0.25) is 0 Å². The maximum absolute atomic E-state index is 9.52. The van der Waals surface area contributed by atoms with Crippen LogP contribution in [0.15, 0.2) is 0 Å². The van der Waals surface area contributed by atoms with E-state index in [2.05, 4.69) is 19.2 Å². The average molecular weight is 199 g/mol. The molecule has 1 saturated heterocycles. The Morgan fingerprint density at radius 2 is 2.29 bits per heavy atom. The monoisotopic (exact) mass is 199 g/mol. The summed E-state index contributed by atoms with van der Waals surface area (Å²) in [6, 6.07) is 0. The third-order valence-electron chi connectivity index (χ3n) is 3.46. The summed E-state index contributed by atoms with van der Waals surface area (Å²) in [5, 5.41) is 12.9. The van der Waals surface area contributed by atoms with Gasteiger partial charge < -0.3 is 10.4 Å². The Kier molecular flexibility index (Phi) is 4.90. The van der Waals surface area contributed by atoms with E-state index in [4.69, 9.17) is 0 Å². The minimum atomic E-state index is 0.187. The lowest BCUT2D eigenvalue weighted by Gasteiger charge is -2.38. The van der Waals surface area contributed by atoms with Gasteiger partial charge in [0.25, 0.3) is 0 Å². The molecule has 0 radical (unpaired) electrons. The summed E-state index contributed by atoms with van der Waals surface area (Å²) in [6.45, 7) is 7.05. The first-order valence-electron chi connectivity index (χ1n) is 6.04. The van der Waals surface area contributed by atoms with Crippen LogP contribution in [0.25, 0.3) is 0 Å². The topological polar surface area (TPSA) is 32.3 Å². The average Bonchev–Trinajstić information content (AvgIpc) is 2.19. The van der Waals surface area contributed by atoms with Crippen LogP contribution in [0.1, 0.15) is 46.0 Å². The highest BCUT2D eigenvalue weighted by Crippen LogP contribution is 2.34. The number of piperidine rings is 1. The largest absolute Gasteiger partial charge is 0.396 e. The van der Waals surface area contributed by atoms with Crippen LogP contribution in [0.4, 0.5) is 0 Å². The lowest BCUT2D eigenvalue weighted by atomic mass is 9.74. The molecule has 1 heterocycles. The summed E-state index contributed by atoms with van der Waals surface area (Å²) in [7, 11) is 0. The van der Waals surface area contributed by atoms with Gasteiger partial charge in [0, 0.05) is 18.6 Å².